The molecule has 25 heavy (non-hydrogen) atoms. The second-order valence-corrected chi connectivity index (χ2v) is 7.73. The molecular formula is C19H27N3O3. The Kier molecular flexibility index (Phi) is 4.75. The summed E-state index contributed by atoms with van der Waals surface area (Å²) < 4.78 is 5.77. The minimum atomic E-state index is -0.0677. The van der Waals surface area contributed by atoms with Crippen LogP contribution in [-0.4, -0.2) is 60.3 Å². The zero-order valence-electron chi connectivity index (χ0n) is 14.9. The van der Waals surface area contributed by atoms with Gasteiger partial charge in [0.05, 0.1) is 25.5 Å². The Labute approximate surface area is 149 Å². The molecule has 1 aromatic heterocycles. The summed E-state index contributed by atoms with van der Waals surface area (Å²) in [6.07, 6.45) is 2.59. The van der Waals surface area contributed by atoms with Crippen molar-refractivity contribution in [1.82, 2.24) is 14.9 Å². The van der Waals surface area contributed by atoms with E-state index < -0.39 is 0 Å². The van der Waals surface area contributed by atoms with Crippen molar-refractivity contribution < 1.29 is 14.4 Å². The lowest BCUT2D eigenvalue weighted by atomic mass is 9.78. The summed E-state index contributed by atoms with van der Waals surface area (Å²) in [4.78, 5) is 25.3. The van der Waals surface area contributed by atoms with Gasteiger partial charge in [0.2, 0.25) is 5.91 Å². The lowest BCUT2D eigenvalue weighted by Gasteiger charge is -2.31. The fourth-order valence-corrected chi connectivity index (χ4v) is 4.41. The Morgan fingerprint density at radius 3 is 3.12 bits per heavy atom. The molecule has 0 spiro atoms. The number of nitrogens with zero attached hydrogens (tertiary/aromatic N) is 3. The Balaban J connectivity index is 1.42. The quantitative estimate of drug-likeness (QED) is 0.833. The van der Waals surface area contributed by atoms with Gasteiger partial charge in [0.15, 0.2) is 0 Å². The zero-order valence-corrected chi connectivity index (χ0v) is 14.9. The Bertz CT molecular complexity index is 632. The number of fused-ring (bicyclic) bond motifs is 1. The molecule has 3 fully saturated rings. The first-order chi connectivity index (χ1) is 12.1. The highest BCUT2D eigenvalue weighted by Crippen LogP contribution is 2.44. The number of likely N-dealkylation sites (tertiary alicyclic amines) is 1. The largest absolute Gasteiger partial charge is 0.380 e. The van der Waals surface area contributed by atoms with Gasteiger partial charge in [-0.05, 0) is 31.9 Å². The van der Waals surface area contributed by atoms with E-state index in [-0.39, 0.29) is 11.3 Å². The van der Waals surface area contributed by atoms with Gasteiger partial charge in [0, 0.05) is 49.6 Å². The van der Waals surface area contributed by atoms with E-state index in [0.717, 1.165) is 57.0 Å². The van der Waals surface area contributed by atoms with Crippen molar-refractivity contribution in [3.05, 3.63) is 29.6 Å². The third-order valence-corrected chi connectivity index (χ3v) is 5.71. The molecular weight excluding hydrogens is 318 g/mol. The van der Waals surface area contributed by atoms with Crippen LogP contribution in [0.1, 0.15) is 30.7 Å². The highest BCUT2D eigenvalue weighted by atomic mass is 16.7. The number of aromatic nitrogens is 1. The summed E-state index contributed by atoms with van der Waals surface area (Å²) >= 11 is 0. The van der Waals surface area contributed by atoms with Crippen LogP contribution in [0.4, 0.5) is 0 Å². The van der Waals surface area contributed by atoms with Crippen molar-refractivity contribution in [3.63, 3.8) is 0 Å². The molecule has 4 rings (SSSR count). The first-order valence-electron chi connectivity index (χ1n) is 9.31. The van der Waals surface area contributed by atoms with Gasteiger partial charge < -0.3 is 4.74 Å². The molecule has 136 valence electrons. The summed E-state index contributed by atoms with van der Waals surface area (Å²) in [6, 6.07) is 6.16. The smallest absolute Gasteiger partial charge is 0.246 e. The number of carbonyl (C=O) groups excluding carboxylic acids is 1. The van der Waals surface area contributed by atoms with Crippen LogP contribution >= 0.6 is 0 Å². The van der Waals surface area contributed by atoms with Crippen molar-refractivity contribution in [3.8, 4) is 0 Å². The molecule has 3 saturated heterocycles. The molecule has 0 N–H and O–H groups in total. The normalized spacial score (nSPS) is 29.8. The lowest BCUT2D eigenvalue weighted by molar-refractivity contribution is -0.199. The van der Waals surface area contributed by atoms with Gasteiger partial charge in [0.1, 0.15) is 0 Å². The van der Waals surface area contributed by atoms with E-state index in [4.69, 9.17) is 9.57 Å². The summed E-state index contributed by atoms with van der Waals surface area (Å²) in [5, 5.41) is 1.58. The number of hydrogen-bond donors (Lipinski definition) is 0. The van der Waals surface area contributed by atoms with Crippen LogP contribution in [0.5, 0.6) is 0 Å². The molecule has 0 saturated carbocycles. The molecule has 0 unspecified atom stereocenters. The molecule has 1 amide bonds. The van der Waals surface area contributed by atoms with Crippen molar-refractivity contribution >= 4 is 5.91 Å². The van der Waals surface area contributed by atoms with Gasteiger partial charge >= 0.3 is 0 Å². The minimum Gasteiger partial charge on any atom is -0.380 e. The number of hydrogen-bond acceptors (Lipinski definition) is 5. The van der Waals surface area contributed by atoms with E-state index in [9.17, 15) is 4.79 Å². The average Bonchev–Trinajstić information content (AvgIpc) is 3.11. The van der Waals surface area contributed by atoms with Gasteiger partial charge in [-0.1, -0.05) is 6.07 Å². The second kappa shape index (κ2) is 7.02. The zero-order chi connectivity index (χ0) is 17.3. The first kappa shape index (κ1) is 16.9. The standard InChI is InChI=1S/C19H27N3O3/c1-15-5-4-6-17(20-15)11-21-10-16-12-24-14-19(16,13-21)9-18(23)22-7-2-3-8-25-22/h4-6,16H,2-3,7-14H2,1H3/t16-,19+/m1/s1. The fraction of sp³-hybridized carbons (Fsp3) is 0.684. The maximum atomic E-state index is 12.7. The highest BCUT2D eigenvalue weighted by molar-refractivity contribution is 5.76. The Morgan fingerprint density at radius 1 is 1.40 bits per heavy atom. The van der Waals surface area contributed by atoms with Gasteiger partial charge in [-0.2, -0.15) is 0 Å². The molecule has 0 aliphatic carbocycles. The van der Waals surface area contributed by atoms with Crippen molar-refractivity contribution in [2.24, 2.45) is 11.3 Å². The Morgan fingerprint density at radius 2 is 2.32 bits per heavy atom. The van der Waals surface area contributed by atoms with Crippen LogP contribution in [0.2, 0.25) is 0 Å². The number of ether oxygens (including phenoxy) is 1. The van der Waals surface area contributed by atoms with E-state index >= 15 is 0 Å². The number of rotatable bonds is 4. The molecule has 0 radical (unpaired) electrons. The van der Waals surface area contributed by atoms with Crippen LogP contribution in [0.15, 0.2) is 18.2 Å². The number of hydroxylamine groups is 2. The number of pyridine rings is 1. The SMILES string of the molecule is Cc1cccc(CN2C[C@@H]3COC[C@]3(CC(=O)N3CCCCO3)C2)n1. The first-order valence-corrected chi connectivity index (χ1v) is 9.31. The highest BCUT2D eigenvalue weighted by Gasteiger charge is 2.52. The molecule has 6 heteroatoms. The number of carbonyl (C=O) groups is 1. The molecule has 2 atom stereocenters. The summed E-state index contributed by atoms with van der Waals surface area (Å²) in [5.74, 6) is 0.539. The average molecular weight is 345 g/mol. The van der Waals surface area contributed by atoms with E-state index in [2.05, 4.69) is 22.0 Å². The summed E-state index contributed by atoms with van der Waals surface area (Å²) in [7, 11) is 0. The predicted molar refractivity (Wildman–Crippen MR) is 92.5 cm³/mol. The predicted octanol–water partition coefficient (Wildman–Crippen LogP) is 1.78. The van der Waals surface area contributed by atoms with Gasteiger partial charge in [-0.25, -0.2) is 5.06 Å². The topological polar surface area (TPSA) is 54.9 Å². The number of amides is 1. The summed E-state index contributed by atoms with van der Waals surface area (Å²) in [5.41, 5.74) is 2.08. The minimum absolute atomic E-state index is 0.0677. The van der Waals surface area contributed by atoms with E-state index in [1.807, 2.05) is 13.0 Å². The molecule has 0 bridgehead atoms. The monoisotopic (exact) mass is 345 g/mol. The second-order valence-electron chi connectivity index (χ2n) is 7.73. The van der Waals surface area contributed by atoms with E-state index in [1.54, 1.807) is 5.06 Å². The third kappa shape index (κ3) is 3.57. The van der Waals surface area contributed by atoms with Crippen LogP contribution in [-0.2, 0) is 20.9 Å². The van der Waals surface area contributed by atoms with Crippen molar-refractivity contribution in [2.75, 3.05) is 39.5 Å². The lowest BCUT2D eigenvalue weighted by Crippen LogP contribution is -2.41. The molecule has 0 aromatic carbocycles. The van der Waals surface area contributed by atoms with Gasteiger partial charge in [-0.15, -0.1) is 0 Å². The van der Waals surface area contributed by atoms with Crippen LogP contribution in [0.3, 0.4) is 0 Å². The van der Waals surface area contributed by atoms with Gasteiger partial charge in [-0.3, -0.25) is 19.5 Å². The fourth-order valence-electron chi connectivity index (χ4n) is 4.41. The van der Waals surface area contributed by atoms with E-state index in [0.29, 0.717) is 25.6 Å². The third-order valence-electron chi connectivity index (χ3n) is 5.71. The molecule has 6 nitrogen and oxygen atoms in total. The van der Waals surface area contributed by atoms with Crippen molar-refractivity contribution in [2.45, 2.75) is 32.7 Å². The Hall–Kier alpha value is -1.50. The van der Waals surface area contributed by atoms with Gasteiger partial charge in [0.25, 0.3) is 0 Å². The van der Waals surface area contributed by atoms with Crippen LogP contribution in [0, 0.1) is 18.3 Å². The van der Waals surface area contributed by atoms with Crippen LogP contribution in [0.25, 0.3) is 0 Å². The number of aryl methyl sites for hydroxylation is 1. The van der Waals surface area contributed by atoms with Crippen molar-refractivity contribution in [1.29, 1.82) is 0 Å². The molecule has 4 heterocycles. The molecule has 3 aliphatic rings. The molecule has 3 aliphatic heterocycles. The maximum absolute atomic E-state index is 12.7. The molecule has 1 aromatic rings. The van der Waals surface area contributed by atoms with Crippen LogP contribution < -0.4 is 0 Å². The summed E-state index contributed by atoms with van der Waals surface area (Å²) in [6.45, 7) is 7.54. The van der Waals surface area contributed by atoms with E-state index in [1.165, 1.54) is 0 Å². The maximum Gasteiger partial charge on any atom is 0.246 e.